The van der Waals surface area contributed by atoms with Crippen molar-refractivity contribution in [2.75, 3.05) is 11.1 Å². The second-order valence-corrected chi connectivity index (χ2v) is 8.94. The highest BCUT2D eigenvalue weighted by atomic mass is 79.9. The first-order valence-electron chi connectivity index (χ1n) is 9.61. The van der Waals surface area contributed by atoms with Crippen LogP contribution in [0.25, 0.3) is 11.3 Å². The van der Waals surface area contributed by atoms with Gasteiger partial charge in [0.25, 0.3) is 6.17 Å². The molecule has 0 amide bonds. The molecule has 0 bridgehead atoms. The van der Waals surface area contributed by atoms with Gasteiger partial charge in [-0.15, -0.1) is 0 Å². The van der Waals surface area contributed by atoms with Gasteiger partial charge in [0, 0.05) is 20.9 Å². The molecule has 2 heterocycles. The molecule has 0 saturated carbocycles. The average molecular weight is 474 g/mol. The van der Waals surface area contributed by atoms with Crippen LogP contribution in [0.5, 0.6) is 5.75 Å². The van der Waals surface area contributed by atoms with Gasteiger partial charge in [-0.1, -0.05) is 53.5 Å². The number of thioether (sulfide) groups is 1. The number of benzene rings is 2. The Balaban J connectivity index is 1.82. The van der Waals surface area contributed by atoms with Crippen LogP contribution in [-0.2, 0) is 0 Å². The molecule has 3 aromatic rings. The summed E-state index contributed by atoms with van der Waals surface area (Å²) in [5.41, 5.74) is 2.77. The Kier molecular flexibility index (Phi) is 5.91. The highest BCUT2D eigenvalue weighted by molar-refractivity contribution is 9.10. The van der Waals surface area contributed by atoms with Crippen molar-refractivity contribution in [1.29, 1.82) is 0 Å². The Labute approximate surface area is 181 Å². The van der Waals surface area contributed by atoms with Gasteiger partial charge in [0.2, 0.25) is 5.16 Å². The Morgan fingerprint density at radius 3 is 2.90 bits per heavy atom. The van der Waals surface area contributed by atoms with E-state index in [1.54, 1.807) is 34.6 Å². The van der Waals surface area contributed by atoms with Crippen molar-refractivity contribution in [3.63, 3.8) is 0 Å². The van der Waals surface area contributed by atoms with Crippen molar-refractivity contribution in [3.05, 3.63) is 62.9 Å². The zero-order chi connectivity index (χ0) is 20.4. The average Bonchev–Trinajstić information content (AvgIpc) is 2.70. The lowest BCUT2D eigenvalue weighted by atomic mass is 10.0. The Hall–Kier alpha value is -2.32. The molecule has 0 radical (unpaired) electrons. The number of aromatic hydroxyl groups is 1. The van der Waals surface area contributed by atoms with Crippen molar-refractivity contribution in [2.24, 2.45) is 0 Å². The number of nitrogens with zero attached hydrogens (tertiary/aromatic N) is 2. The molecule has 3 N–H and O–H groups in total. The number of aromatic nitrogens is 3. The molecular weight excluding hydrogens is 452 g/mol. The van der Waals surface area contributed by atoms with Crippen LogP contribution in [0.3, 0.4) is 0 Å². The molecule has 8 heteroatoms. The van der Waals surface area contributed by atoms with Gasteiger partial charge in [0.05, 0.1) is 11.3 Å². The molecule has 6 nitrogen and oxygen atoms in total. The predicted molar refractivity (Wildman–Crippen MR) is 118 cm³/mol. The number of halogens is 1. The SMILES string of the molecule is CCCCCSc1n[n+]2c(c(=O)[nH]1)-c1cc(Br)ccc1N[C@H]2c1cccc(O)c1. The van der Waals surface area contributed by atoms with Gasteiger partial charge in [-0.2, -0.15) is 0 Å². The molecule has 1 aliphatic heterocycles. The fourth-order valence-electron chi connectivity index (χ4n) is 3.42. The van der Waals surface area contributed by atoms with Gasteiger partial charge in [-0.05, 0) is 47.5 Å². The largest absolute Gasteiger partial charge is 0.508 e. The minimum absolute atomic E-state index is 0.173. The van der Waals surface area contributed by atoms with Crippen LogP contribution in [0.4, 0.5) is 5.69 Å². The first-order valence-corrected chi connectivity index (χ1v) is 11.4. The summed E-state index contributed by atoms with van der Waals surface area (Å²) >= 11 is 5.05. The zero-order valence-electron chi connectivity index (χ0n) is 16.0. The van der Waals surface area contributed by atoms with Crippen LogP contribution in [0.15, 0.2) is 56.9 Å². The number of phenols is 1. The number of hydrogen-bond acceptors (Lipinski definition) is 5. The number of hydrogen-bond donors (Lipinski definition) is 3. The van der Waals surface area contributed by atoms with Gasteiger partial charge in [0.1, 0.15) is 5.75 Å². The second kappa shape index (κ2) is 8.59. The van der Waals surface area contributed by atoms with Crippen molar-refractivity contribution < 1.29 is 9.79 Å². The maximum atomic E-state index is 13.1. The predicted octanol–water partition coefficient (Wildman–Crippen LogP) is 4.45. The first-order chi connectivity index (χ1) is 14.1. The first kappa shape index (κ1) is 20.0. The highest BCUT2D eigenvalue weighted by Crippen LogP contribution is 2.34. The molecule has 1 aromatic heterocycles. The van der Waals surface area contributed by atoms with Crippen LogP contribution in [-0.4, -0.2) is 20.9 Å². The van der Waals surface area contributed by atoms with Crippen LogP contribution in [0.1, 0.15) is 37.9 Å². The maximum Gasteiger partial charge on any atom is 0.325 e. The fourth-order valence-corrected chi connectivity index (χ4v) is 4.63. The number of aromatic amines is 1. The Morgan fingerprint density at radius 1 is 1.24 bits per heavy atom. The molecule has 29 heavy (non-hydrogen) atoms. The molecular formula is C21H22BrN4O2S+. The van der Waals surface area contributed by atoms with Crippen LogP contribution in [0.2, 0.25) is 0 Å². The van der Waals surface area contributed by atoms with E-state index in [4.69, 9.17) is 5.10 Å². The Morgan fingerprint density at radius 2 is 2.10 bits per heavy atom. The highest BCUT2D eigenvalue weighted by Gasteiger charge is 2.38. The normalized spacial score (nSPS) is 14.8. The van der Waals surface area contributed by atoms with Crippen molar-refractivity contribution in [3.8, 4) is 17.0 Å². The minimum Gasteiger partial charge on any atom is -0.508 e. The van der Waals surface area contributed by atoms with E-state index < -0.39 is 6.17 Å². The molecule has 150 valence electrons. The maximum absolute atomic E-state index is 13.1. The van der Waals surface area contributed by atoms with Gasteiger partial charge < -0.3 is 10.4 Å². The number of rotatable bonds is 6. The van der Waals surface area contributed by atoms with Crippen LogP contribution in [0, 0.1) is 0 Å². The molecule has 0 fully saturated rings. The number of nitrogens with one attached hydrogen (secondary N) is 2. The lowest BCUT2D eigenvalue weighted by molar-refractivity contribution is -0.759. The second-order valence-electron chi connectivity index (χ2n) is 6.94. The van der Waals surface area contributed by atoms with E-state index in [0.717, 1.165) is 46.3 Å². The van der Waals surface area contributed by atoms with E-state index in [2.05, 4.69) is 33.2 Å². The number of anilines is 1. The van der Waals surface area contributed by atoms with Crippen molar-refractivity contribution in [2.45, 2.75) is 37.5 Å². The molecule has 0 unspecified atom stereocenters. The van der Waals surface area contributed by atoms with Gasteiger partial charge in [-0.3, -0.25) is 9.78 Å². The lowest BCUT2D eigenvalue weighted by Gasteiger charge is -2.22. The number of fused-ring (bicyclic) bond motifs is 3. The van der Waals surface area contributed by atoms with Crippen LogP contribution < -0.4 is 15.6 Å². The van der Waals surface area contributed by atoms with E-state index in [-0.39, 0.29) is 11.3 Å². The summed E-state index contributed by atoms with van der Waals surface area (Å²) in [4.78, 5) is 16.0. The molecule has 2 aromatic carbocycles. The van der Waals surface area contributed by atoms with Crippen LogP contribution >= 0.6 is 27.7 Å². The molecule has 0 aliphatic carbocycles. The summed E-state index contributed by atoms with van der Waals surface area (Å²) in [6, 6.07) is 12.8. The van der Waals surface area contributed by atoms with E-state index in [9.17, 15) is 9.90 Å². The zero-order valence-corrected chi connectivity index (χ0v) is 18.4. The monoisotopic (exact) mass is 473 g/mol. The van der Waals surface area contributed by atoms with Crippen molar-refractivity contribution >= 4 is 33.4 Å². The summed E-state index contributed by atoms with van der Waals surface area (Å²) in [7, 11) is 0. The quantitative estimate of drug-likeness (QED) is 0.280. The summed E-state index contributed by atoms with van der Waals surface area (Å²) in [6.07, 6.45) is 2.99. The van der Waals surface area contributed by atoms with E-state index >= 15 is 0 Å². The fraction of sp³-hybridized carbons (Fsp3) is 0.286. The molecule has 1 aliphatic rings. The van der Waals surface area contributed by atoms with Crippen molar-refractivity contribution in [1.82, 2.24) is 10.1 Å². The standard InChI is InChI=1S/C21H21BrN4O2S/c1-2-3-4-10-29-21-24-20(28)18-16-12-14(22)8-9-17(16)23-19(26(18)25-21)13-6-5-7-15(27)11-13/h5-9,11-12,19H,2-4,10H2,1H3,(H2,24,25,27,28)/p+1/t19-/m1/s1. The topological polar surface area (TPSA) is 81.9 Å². The van der Waals surface area contributed by atoms with E-state index in [1.807, 2.05) is 24.3 Å². The summed E-state index contributed by atoms with van der Waals surface area (Å²) in [5.74, 6) is 1.08. The Bertz CT molecular complexity index is 1100. The summed E-state index contributed by atoms with van der Waals surface area (Å²) < 4.78 is 2.61. The molecule has 1 atom stereocenters. The summed E-state index contributed by atoms with van der Waals surface area (Å²) in [5, 5.41) is 18.8. The van der Waals surface area contributed by atoms with Gasteiger partial charge in [-0.25, -0.2) is 0 Å². The van der Waals surface area contributed by atoms with E-state index in [0.29, 0.717) is 10.9 Å². The third kappa shape index (κ3) is 4.18. The smallest absolute Gasteiger partial charge is 0.325 e. The third-order valence-corrected chi connectivity index (χ3v) is 6.25. The molecule has 0 saturated heterocycles. The van der Waals surface area contributed by atoms with Gasteiger partial charge >= 0.3 is 11.3 Å². The molecule has 4 rings (SSSR count). The number of phenolic OH excluding ortho intramolecular Hbond substituents is 1. The number of unbranched alkanes of at least 4 members (excludes halogenated alkanes) is 2. The number of H-pyrrole nitrogens is 1. The molecule has 0 spiro atoms. The lowest BCUT2D eigenvalue weighted by Crippen LogP contribution is -2.55. The van der Waals surface area contributed by atoms with E-state index in [1.165, 1.54) is 0 Å². The summed E-state index contributed by atoms with van der Waals surface area (Å²) in [6.45, 7) is 2.17. The van der Waals surface area contributed by atoms with Gasteiger partial charge in [0.15, 0.2) is 0 Å². The minimum atomic E-state index is -0.400. The third-order valence-electron chi connectivity index (χ3n) is 4.81.